The molecule has 1 aromatic heterocycles. The molecule has 3 aromatic rings. The largest absolute Gasteiger partial charge is 0.452 e. The molecule has 0 N–H and O–H groups in total. The van der Waals surface area contributed by atoms with E-state index in [1.807, 2.05) is 12.1 Å². The Morgan fingerprint density at radius 3 is 2.57 bits per heavy atom. The van der Waals surface area contributed by atoms with Gasteiger partial charge in [-0.3, -0.25) is 0 Å². The highest BCUT2D eigenvalue weighted by atomic mass is 32.1. The van der Waals surface area contributed by atoms with E-state index < -0.39 is 0 Å². The third-order valence-electron chi connectivity index (χ3n) is 4.34. The summed E-state index contributed by atoms with van der Waals surface area (Å²) < 4.78 is 6.87. The van der Waals surface area contributed by atoms with Crippen molar-refractivity contribution in [2.45, 2.75) is 18.9 Å². The Kier molecular flexibility index (Phi) is 3.31. The molecule has 1 aliphatic rings. The summed E-state index contributed by atoms with van der Waals surface area (Å²) in [6.07, 6.45) is -0.282. The van der Waals surface area contributed by atoms with Gasteiger partial charge < -0.3 is 4.74 Å². The molecule has 0 amide bonds. The summed E-state index contributed by atoms with van der Waals surface area (Å²) in [5.74, 6) is -0.408. The monoisotopic (exact) mass is 320 g/mol. The van der Waals surface area contributed by atoms with Crippen molar-refractivity contribution in [3.8, 4) is 0 Å². The Labute approximate surface area is 139 Å². The van der Waals surface area contributed by atoms with E-state index in [9.17, 15) is 4.79 Å². The van der Waals surface area contributed by atoms with Crippen LogP contribution in [0.3, 0.4) is 0 Å². The van der Waals surface area contributed by atoms with Crippen molar-refractivity contribution in [2.75, 3.05) is 0 Å². The number of carbonyl (C=O) groups is 1. The van der Waals surface area contributed by atoms with Crippen molar-refractivity contribution >= 4 is 27.4 Å². The zero-order chi connectivity index (χ0) is 16.0. The molecule has 2 heterocycles. The maximum Gasteiger partial charge on any atom is 0.334 e. The van der Waals surface area contributed by atoms with Crippen molar-refractivity contribution in [1.29, 1.82) is 0 Å². The second-order valence-corrected chi connectivity index (χ2v) is 7.04. The lowest BCUT2D eigenvalue weighted by atomic mass is 9.88. The molecule has 0 radical (unpaired) electrons. The summed E-state index contributed by atoms with van der Waals surface area (Å²) in [5.41, 5.74) is 2.81. The van der Waals surface area contributed by atoms with Crippen LogP contribution < -0.4 is 0 Å². The van der Waals surface area contributed by atoms with E-state index in [-0.39, 0.29) is 18.0 Å². The van der Waals surface area contributed by atoms with E-state index in [0.29, 0.717) is 5.57 Å². The smallest absolute Gasteiger partial charge is 0.334 e. The zero-order valence-corrected chi connectivity index (χ0v) is 13.6. The first kappa shape index (κ1) is 14.2. The second-order valence-electron chi connectivity index (χ2n) is 5.93. The highest BCUT2D eigenvalue weighted by Gasteiger charge is 2.41. The number of aryl methyl sites for hydroxylation is 1. The highest BCUT2D eigenvalue weighted by Crippen LogP contribution is 2.47. The number of benzene rings is 2. The van der Waals surface area contributed by atoms with Gasteiger partial charge in [0, 0.05) is 15.2 Å². The molecule has 114 valence electrons. The lowest BCUT2D eigenvalue weighted by Gasteiger charge is -2.17. The molecule has 2 nitrogen and oxygen atoms in total. The quantitative estimate of drug-likeness (QED) is 0.482. The number of cyclic esters (lactones) is 1. The van der Waals surface area contributed by atoms with E-state index in [0.717, 1.165) is 10.4 Å². The number of rotatable bonds is 2. The maximum absolute atomic E-state index is 12.1. The van der Waals surface area contributed by atoms with E-state index in [2.05, 4.69) is 56.0 Å². The fraction of sp³-hybridized carbons (Fsp3) is 0.150. The van der Waals surface area contributed by atoms with E-state index in [1.54, 1.807) is 11.3 Å². The minimum Gasteiger partial charge on any atom is -0.452 e. The molecule has 2 unspecified atom stereocenters. The summed E-state index contributed by atoms with van der Waals surface area (Å²) in [7, 11) is 0. The van der Waals surface area contributed by atoms with Crippen molar-refractivity contribution in [2.24, 2.45) is 0 Å². The average Bonchev–Trinajstić information content (AvgIpc) is 3.10. The van der Waals surface area contributed by atoms with Crippen LogP contribution in [0.2, 0.25) is 0 Å². The van der Waals surface area contributed by atoms with Crippen LogP contribution >= 0.6 is 11.3 Å². The van der Waals surface area contributed by atoms with Gasteiger partial charge in [0.05, 0.1) is 5.92 Å². The van der Waals surface area contributed by atoms with E-state index in [4.69, 9.17) is 4.74 Å². The second kappa shape index (κ2) is 5.36. The summed E-state index contributed by atoms with van der Waals surface area (Å²) in [6.45, 7) is 6.03. The molecule has 2 atom stereocenters. The highest BCUT2D eigenvalue weighted by molar-refractivity contribution is 7.19. The Balaban J connectivity index is 1.80. The normalized spacial score (nSPS) is 20.9. The van der Waals surface area contributed by atoms with Crippen LogP contribution in [-0.2, 0) is 9.53 Å². The van der Waals surface area contributed by atoms with Gasteiger partial charge in [0.15, 0.2) is 0 Å². The van der Waals surface area contributed by atoms with Crippen LogP contribution in [0.1, 0.15) is 28.0 Å². The Morgan fingerprint density at radius 1 is 1.09 bits per heavy atom. The van der Waals surface area contributed by atoms with E-state index >= 15 is 0 Å². The molecule has 1 fully saturated rings. The first-order valence-electron chi connectivity index (χ1n) is 7.58. The van der Waals surface area contributed by atoms with Crippen molar-refractivity contribution in [1.82, 2.24) is 0 Å². The molecule has 0 saturated carbocycles. The van der Waals surface area contributed by atoms with Crippen LogP contribution in [0.4, 0.5) is 0 Å². The molecule has 0 aliphatic carbocycles. The first-order chi connectivity index (χ1) is 11.1. The molecule has 1 saturated heterocycles. The number of hydrogen-bond acceptors (Lipinski definition) is 3. The maximum atomic E-state index is 12.1. The van der Waals surface area contributed by atoms with Crippen LogP contribution in [0, 0.1) is 6.92 Å². The van der Waals surface area contributed by atoms with Gasteiger partial charge in [-0.15, -0.1) is 11.3 Å². The van der Waals surface area contributed by atoms with Crippen molar-refractivity contribution in [3.63, 3.8) is 0 Å². The summed E-state index contributed by atoms with van der Waals surface area (Å²) >= 11 is 1.68. The number of ether oxygens (including phenoxy) is 1. The van der Waals surface area contributed by atoms with Crippen molar-refractivity contribution < 1.29 is 9.53 Å². The zero-order valence-electron chi connectivity index (χ0n) is 12.8. The van der Waals surface area contributed by atoms with Gasteiger partial charge in [0.2, 0.25) is 0 Å². The van der Waals surface area contributed by atoms with Crippen LogP contribution in [0.25, 0.3) is 10.1 Å². The average molecular weight is 320 g/mol. The van der Waals surface area contributed by atoms with Crippen LogP contribution in [0.5, 0.6) is 0 Å². The van der Waals surface area contributed by atoms with Gasteiger partial charge >= 0.3 is 5.97 Å². The van der Waals surface area contributed by atoms with Crippen LogP contribution in [-0.4, -0.2) is 5.97 Å². The topological polar surface area (TPSA) is 26.3 Å². The van der Waals surface area contributed by atoms with Gasteiger partial charge in [0.25, 0.3) is 0 Å². The van der Waals surface area contributed by atoms with Gasteiger partial charge in [-0.25, -0.2) is 4.79 Å². The number of thiophene rings is 1. The number of esters is 1. The molecule has 0 spiro atoms. The molecule has 3 heteroatoms. The summed E-state index contributed by atoms with van der Waals surface area (Å²) in [4.78, 5) is 13.2. The van der Waals surface area contributed by atoms with Crippen LogP contribution in [0.15, 0.2) is 66.7 Å². The van der Waals surface area contributed by atoms with Crippen molar-refractivity contribution in [3.05, 3.63) is 82.8 Å². The molecule has 23 heavy (non-hydrogen) atoms. The SMILES string of the molecule is C=C1C(=O)OC(c2cc3ccccc3s2)C1c1ccc(C)cc1. The molecular formula is C20H16O2S. The molecule has 4 rings (SSSR count). The predicted octanol–water partition coefficient (Wildman–Crippen LogP) is 5.15. The summed E-state index contributed by atoms with van der Waals surface area (Å²) in [6, 6.07) is 18.6. The summed E-state index contributed by atoms with van der Waals surface area (Å²) in [5, 5.41) is 1.18. The lowest BCUT2D eigenvalue weighted by Crippen LogP contribution is -2.05. The predicted molar refractivity (Wildman–Crippen MR) is 93.7 cm³/mol. The Bertz CT molecular complexity index is 872. The molecule has 0 bridgehead atoms. The van der Waals surface area contributed by atoms with Gasteiger partial charge in [-0.2, -0.15) is 0 Å². The minimum absolute atomic E-state index is 0.115. The Hall–Kier alpha value is -2.39. The number of hydrogen-bond donors (Lipinski definition) is 0. The Morgan fingerprint density at radius 2 is 1.83 bits per heavy atom. The lowest BCUT2D eigenvalue weighted by molar-refractivity contribution is -0.139. The standard InChI is InChI=1S/C20H16O2S/c1-12-7-9-14(10-8-12)18-13(2)20(21)22-19(18)17-11-15-5-3-4-6-16(15)23-17/h3-11,18-19H,2H2,1H3. The van der Waals surface area contributed by atoms with E-state index in [1.165, 1.54) is 15.6 Å². The molecule has 1 aliphatic heterocycles. The third kappa shape index (κ3) is 2.37. The molecular weight excluding hydrogens is 304 g/mol. The first-order valence-corrected chi connectivity index (χ1v) is 8.40. The minimum atomic E-state index is -0.293. The third-order valence-corrected chi connectivity index (χ3v) is 5.51. The fourth-order valence-corrected chi connectivity index (χ4v) is 4.22. The fourth-order valence-electron chi connectivity index (χ4n) is 3.08. The van der Waals surface area contributed by atoms with Gasteiger partial charge in [-0.05, 0) is 30.0 Å². The number of fused-ring (bicyclic) bond motifs is 1. The number of carbonyl (C=O) groups excluding carboxylic acids is 1. The molecule has 2 aromatic carbocycles. The van der Waals surface area contributed by atoms with Gasteiger partial charge in [-0.1, -0.05) is 54.6 Å². The van der Waals surface area contributed by atoms with Gasteiger partial charge in [0.1, 0.15) is 6.10 Å².